The van der Waals surface area contributed by atoms with Gasteiger partial charge in [0.05, 0.1) is 5.56 Å². The van der Waals surface area contributed by atoms with Crippen LogP contribution in [-0.2, 0) is 12.3 Å². The second-order valence-electron chi connectivity index (χ2n) is 4.22. The van der Waals surface area contributed by atoms with Crippen molar-refractivity contribution in [1.82, 2.24) is 0 Å². The maximum absolute atomic E-state index is 14.0. The van der Waals surface area contributed by atoms with E-state index in [1.165, 1.54) is 0 Å². The van der Waals surface area contributed by atoms with Gasteiger partial charge in [-0.1, -0.05) is 36.4 Å². The summed E-state index contributed by atoms with van der Waals surface area (Å²) in [6.45, 7) is 0. The third-order valence-electron chi connectivity index (χ3n) is 2.82. The van der Waals surface area contributed by atoms with E-state index in [2.05, 4.69) is 0 Å². The highest BCUT2D eigenvalue weighted by molar-refractivity contribution is 5.75. The van der Waals surface area contributed by atoms with Gasteiger partial charge in [-0.15, -0.1) is 0 Å². The number of aldehydes is 1. The first kappa shape index (κ1) is 13.3. The molecule has 0 aliphatic carbocycles. The lowest BCUT2D eigenvalue weighted by Gasteiger charge is -2.17. The molecule has 0 spiro atoms. The predicted octanol–water partition coefficient (Wildman–Crippen LogP) is 3.97. The average molecular weight is 264 g/mol. The van der Waals surface area contributed by atoms with Crippen molar-refractivity contribution in [3.63, 3.8) is 0 Å². The van der Waals surface area contributed by atoms with Crippen LogP contribution in [0.1, 0.15) is 21.5 Å². The summed E-state index contributed by atoms with van der Waals surface area (Å²) in [6, 6.07) is 11.1. The fourth-order valence-electron chi connectivity index (χ4n) is 1.80. The monoisotopic (exact) mass is 264 g/mol. The number of carbonyl (C=O) groups is 1. The second kappa shape index (κ2) is 5.26. The van der Waals surface area contributed by atoms with Crippen LogP contribution < -0.4 is 0 Å². The van der Waals surface area contributed by atoms with Crippen LogP contribution in [-0.4, -0.2) is 6.29 Å². The molecule has 0 atom stereocenters. The molecular formula is C15H11F3O. The summed E-state index contributed by atoms with van der Waals surface area (Å²) in [4.78, 5) is 10.5. The molecule has 2 aromatic carbocycles. The van der Waals surface area contributed by atoms with Gasteiger partial charge in [0.15, 0.2) is 6.29 Å². The first-order valence-corrected chi connectivity index (χ1v) is 5.70. The number of hydrogen-bond acceptors (Lipinski definition) is 1. The number of hydrogen-bond donors (Lipinski definition) is 0. The molecule has 4 heteroatoms. The van der Waals surface area contributed by atoms with E-state index in [-0.39, 0.29) is 5.56 Å². The summed E-state index contributed by atoms with van der Waals surface area (Å²) in [5.74, 6) is -4.11. The molecule has 0 radical (unpaired) electrons. The Balaban J connectivity index is 2.29. The molecule has 0 unspecified atom stereocenters. The Morgan fingerprint density at radius 3 is 2.32 bits per heavy atom. The topological polar surface area (TPSA) is 17.1 Å². The van der Waals surface area contributed by atoms with E-state index >= 15 is 0 Å². The van der Waals surface area contributed by atoms with Crippen molar-refractivity contribution >= 4 is 6.29 Å². The van der Waals surface area contributed by atoms with Crippen molar-refractivity contribution < 1.29 is 18.0 Å². The number of benzene rings is 2. The molecule has 0 saturated carbocycles. The van der Waals surface area contributed by atoms with Crippen LogP contribution in [0.5, 0.6) is 0 Å². The van der Waals surface area contributed by atoms with Crippen molar-refractivity contribution in [2.45, 2.75) is 12.3 Å². The van der Waals surface area contributed by atoms with Crippen molar-refractivity contribution in [3.8, 4) is 0 Å². The van der Waals surface area contributed by atoms with E-state index in [9.17, 15) is 18.0 Å². The number of carbonyl (C=O) groups excluding carboxylic acids is 1. The van der Waals surface area contributed by atoms with Crippen LogP contribution in [0.25, 0.3) is 0 Å². The van der Waals surface area contributed by atoms with Gasteiger partial charge in [0.2, 0.25) is 0 Å². The fourth-order valence-corrected chi connectivity index (χ4v) is 1.80. The van der Waals surface area contributed by atoms with E-state index in [0.717, 1.165) is 12.1 Å². The average Bonchev–Trinajstić information content (AvgIpc) is 2.39. The molecule has 2 aromatic rings. The zero-order chi connectivity index (χ0) is 13.9. The zero-order valence-corrected chi connectivity index (χ0v) is 9.95. The SMILES string of the molecule is O=Cc1ccc(C(F)(F)Cc2ccccc2)cc1F. The Hall–Kier alpha value is -2.10. The molecule has 0 aliphatic rings. The highest BCUT2D eigenvalue weighted by Crippen LogP contribution is 2.32. The van der Waals surface area contributed by atoms with E-state index < -0.39 is 23.7 Å². The highest BCUT2D eigenvalue weighted by Gasteiger charge is 2.32. The van der Waals surface area contributed by atoms with Crippen LogP contribution in [0.4, 0.5) is 13.2 Å². The smallest absolute Gasteiger partial charge is 0.277 e. The third kappa shape index (κ3) is 3.02. The molecular weight excluding hydrogens is 253 g/mol. The predicted molar refractivity (Wildman–Crippen MR) is 65.8 cm³/mol. The molecule has 0 amide bonds. The molecule has 0 aliphatic heterocycles. The molecule has 98 valence electrons. The van der Waals surface area contributed by atoms with Crippen molar-refractivity contribution in [2.75, 3.05) is 0 Å². The lowest BCUT2D eigenvalue weighted by Crippen LogP contribution is -2.17. The van der Waals surface area contributed by atoms with Crippen LogP contribution in [0, 0.1) is 5.82 Å². The zero-order valence-electron chi connectivity index (χ0n) is 9.95. The Morgan fingerprint density at radius 1 is 1.05 bits per heavy atom. The van der Waals surface area contributed by atoms with Crippen LogP contribution in [0.2, 0.25) is 0 Å². The van der Waals surface area contributed by atoms with Gasteiger partial charge in [-0.3, -0.25) is 4.79 Å². The Labute approximate surface area is 108 Å². The largest absolute Gasteiger partial charge is 0.298 e. The van der Waals surface area contributed by atoms with Gasteiger partial charge < -0.3 is 0 Å². The lowest BCUT2D eigenvalue weighted by molar-refractivity contribution is -0.00414. The van der Waals surface area contributed by atoms with Gasteiger partial charge in [-0.05, 0) is 17.7 Å². The Bertz CT molecular complexity index is 579. The quantitative estimate of drug-likeness (QED) is 0.763. The molecule has 0 N–H and O–H groups in total. The summed E-state index contributed by atoms with van der Waals surface area (Å²) in [5, 5.41) is 0. The molecule has 2 rings (SSSR count). The maximum atomic E-state index is 14.0. The van der Waals surface area contributed by atoms with Gasteiger partial charge in [0.1, 0.15) is 5.82 Å². The third-order valence-corrected chi connectivity index (χ3v) is 2.82. The minimum atomic E-state index is -3.18. The first-order valence-electron chi connectivity index (χ1n) is 5.70. The van der Waals surface area contributed by atoms with Gasteiger partial charge in [0, 0.05) is 12.0 Å². The second-order valence-corrected chi connectivity index (χ2v) is 4.22. The van der Waals surface area contributed by atoms with Crippen LogP contribution in [0.3, 0.4) is 0 Å². The molecule has 0 aromatic heterocycles. The first-order chi connectivity index (χ1) is 9.03. The molecule has 19 heavy (non-hydrogen) atoms. The normalized spacial score (nSPS) is 11.3. The van der Waals surface area contributed by atoms with E-state index in [1.54, 1.807) is 30.3 Å². The minimum Gasteiger partial charge on any atom is -0.298 e. The molecule has 0 heterocycles. The summed E-state index contributed by atoms with van der Waals surface area (Å²) >= 11 is 0. The van der Waals surface area contributed by atoms with Crippen LogP contribution >= 0.6 is 0 Å². The van der Waals surface area contributed by atoms with Gasteiger partial charge in [-0.25, -0.2) is 13.2 Å². The van der Waals surface area contributed by atoms with Gasteiger partial charge in [0.25, 0.3) is 5.92 Å². The van der Waals surface area contributed by atoms with E-state index in [1.807, 2.05) is 0 Å². The Morgan fingerprint density at radius 2 is 1.74 bits per heavy atom. The molecule has 0 fully saturated rings. The summed E-state index contributed by atoms with van der Waals surface area (Å²) in [7, 11) is 0. The van der Waals surface area contributed by atoms with Gasteiger partial charge >= 0.3 is 0 Å². The van der Waals surface area contributed by atoms with Crippen molar-refractivity contribution in [3.05, 3.63) is 71.0 Å². The van der Waals surface area contributed by atoms with Crippen molar-refractivity contribution in [1.29, 1.82) is 0 Å². The number of rotatable bonds is 4. The summed E-state index contributed by atoms with van der Waals surface area (Å²) < 4.78 is 41.4. The van der Waals surface area contributed by atoms with E-state index in [4.69, 9.17) is 0 Å². The van der Waals surface area contributed by atoms with Gasteiger partial charge in [-0.2, -0.15) is 0 Å². The van der Waals surface area contributed by atoms with Crippen molar-refractivity contribution in [2.24, 2.45) is 0 Å². The highest BCUT2D eigenvalue weighted by atomic mass is 19.3. The Kier molecular flexibility index (Phi) is 3.69. The minimum absolute atomic E-state index is 0.223. The maximum Gasteiger partial charge on any atom is 0.277 e. The standard InChI is InChI=1S/C15H11F3O/c16-14-8-13(7-6-12(14)10-19)15(17,18)9-11-4-2-1-3-5-11/h1-8,10H,9H2. The number of alkyl halides is 2. The summed E-state index contributed by atoms with van der Waals surface area (Å²) in [5.41, 5.74) is -0.189. The van der Waals surface area contributed by atoms with Crippen LogP contribution in [0.15, 0.2) is 48.5 Å². The lowest BCUT2D eigenvalue weighted by atomic mass is 9.99. The molecule has 0 bridgehead atoms. The van der Waals surface area contributed by atoms with E-state index in [0.29, 0.717) is 17.9 Å². The molecule has 1 nitrogen and oxygen atoms in total. The summed E-state index contributed by atoms with van der Waals surface area (Å²) in [6.07, 6.45) is -0.206. The molecule has 0 saturated heterocycles. The fraction of sp³-hybridized carbons (Fsp3) is 0.133. The number of halogens is 3.